The van der Waals surface area contributed by atoms with E-state index in [0.717, 1.165) is 11.3 Å². The number of halogens is 1. The van der Waals surface area contributed by atoms with Gasteiger partial charge in [-0.2, -0.15) is 5.10 Å². The summed E-state index contributed by atoms with van der Waals surface area (Å²) in [7, 11) is 3.18. The lowest BCUT2D eigenvalue weighted by molar-refractivity contribution is 0.0988. The normalized spacial score (nSPS) is 15.0. The maximum Gasteiger partial charge on any atom is 0.277 e. The number of aromatic nitrogens is 2. The third-order valence-corrected chi connectivity index (χ3v) is 5.65. The first kappa shape index (κ1) is 19.8. The molecule has 1 atom stereocenters. The summed E-state index contributed by atoms with van der Waals surface area (Å²) in [6.45, 7) is 0. The molecule has 0 fully saturated rings. The molecule has 6 nitrogen and oxygen atoms in total. The number of hydrogen-bond donors (Lipinski definition) is 1. The number of methoxy groups -OCH3 is 2. The van der Waals surface area contributed by atoms with Crippen molar-refractivity contribution < 1.29 is 18.7 Å². The van der Waals surface area contributed by atoms with Gasteiger partial charge in [0.2, 0.25) is 0 Å². The van der Waals surface area contributed by atoms with Gasteiger partial charge in [-0.3, -0.25) is 14.8 Å². The number of H-pyrrole nitrogens is 1. The summed E-state index contributed by atoms with van der Waals surface area (Å²) in [6, 6.07) is 20.5. The average molecular weight is 429 g/mol. The van der Waals surface area contributed by atoms with Gasteiger partial charge in [0.15, 0.2) is 0 Å². The van der Waals surface area contributed by atoms with Gasteiger partial charge in [-0.25, -0.2) is 4.39 Å². The summed E-state index contributed by atoms with van der Waals surface area (Å²) in [4.78, 5) is 15.3. The number of benzene rings is 3. The Hall–Kier alpha value is -4.13. The van der Waals surface area contributed by atoms with E-state index >= 15 is 0 Å². The SMILES string of the molecule is COc1ccc(OC)c([C@H]2c3c(-c4ccc(F)cc4)n[nH]c3C(=O)N2c2ccccc2)c1. The van der Waals surface area contributed by atoms with Crippen molar-refractivity contribution in [3.63, 3.8) is 0 Å². The molecule has 1 aliphatic heterocycles. The van der Waals surface area contributed by atoms with Gasteiger partial charge >= 0.3 is 0 Å². The predicted molar refractivity (Wildman–Crippen MR) is 119 cm³/mol. The summed E-state index contributed by atoms with van der Waals surface area (Å²) in [5, 5.41) is 7.33. The van der Waals surface area contributed by atoms with E-state index in [1.54, 1.807) is 31.3 Å². The zero-order chi connectivity index (χ0) is 22.2. The fraction of sp³-hybridized carbons (Fsp3) is 0.120. The van der Waals surface area contributed by atoms with Crippen LogP contribution in [0.15, 0.2) is 72.8 Å². The standard InChI is InChI=1S/C25H20FN3O3/c1-31-18-12-13-20(32-2)19(14-18)24-21-22(15-8-10-16(26)11-9-15)27-28-23(21)25(30)29(24)17-6-4-3-5-7-17/h3-14,24H,1-2H3,(H,27,28)/t24-/m0/s1. The molecular formula is C25H20FN3O3. The molecular weight excluding hydrogens is 409 g/mol. The molecule has 7 heteroatoms. The molecule has 1 aromatic heterocycles. The van der Waals surface area contributed by atoms with Crippen LogP contribution in [0.4, 0.5) is 10.1 Å². The Morgan fingerprint density at radius 2 is 1.72 bits per heavy atom. The first-order chi connectivity index (χ1) is 15.6. The van der Waals surface area contributed by atoms with Gasteiger partial charge in [-0.15, -0.1) is 0 Å². The summed E-state index contributed by atoms with van der Waals surface area (Å²) in [6.07, 6.45) is 0. The first-order valence-electron chi connectivity index (χ1n) is 10.1. The van der Waals surface area contributed by atoms with E-state index in [0.29, 0.717) is 34.0 Å². The number of rotatable bonds is 5. The molecule has 0 radical (unpaired) electrons. The summed E-state index contributed by atoms with van der Waals surface area (Å²) < 4.78 is 24.7. The molecule has 3 aromatic carbocycles. The van der Waals surface area contributed by atoms with Crippen LogP contribution >= 0.6 is 0 Å². The molecule has 0 unspecified atom stereocenters. The Bertz CT molecular complexity index is 1290. The highest BCUT2D eigenvalue weighted by atomic mass is 19.1. The molecule has 32 heavy (non-hydrogen) atoms. The molecule has 1 amide bonds. The van der Waals surface area contributed by atoms with E-state index in [2.05, 4.69) is 10.2 Å². The van der Waals surface area contributed by atoms with Gasteiger partial charge in [0.1, 0.15) is 23.0 Å². The van der Waals surface area contributed by atoms with Gasteiger partial charge < -0.3 is 9.47 Å². The molecule has 5 rings (SSSR count). The number of fused-ring (bicyclic) bond motifs is 1. The summed E-state index contributed by atoms with van der Waals surface area (Å²) >= 11 is 0. The lowest BCUT2D eigenvalue weighted by atomic mass is 9.95. The third kappa shape index (κ3) is 3.10. The van der Waals surface area contributed by atoms with Crippen molar-refractivity contribution in [2.24, 2.45) is 0 Å². The Kier molecular flexibility index (Phi) is 4.86. The molecule has 0 aliphatic carbocycles. The largest absolute Gasteiger partial charge is 0.497 e. The molecule has 1 aliphatic rings. The summed E-state index contributed by atoms with van der Waals surface area (Å²) in [5.41, 5.74) is 3.88. The van der Waals surface area contributed by atoms with Crippen LogP contribution < -0.4 is 14.4 Å². The Balaban J connectivity index is 1.77. The number of aromatic amines is 1. The molecule has 1 N–H and O–H groups in total. The van der Waals surface area contributed by atoms with Crippen molar-refractivity contribution in [2.75, 3.05) is 19.1 Å². The molecule has 160 valence electrons. The second kappa shape index (κ2) is 7.85. The average Bonchev–Trinajstić information content (AvgIpc) is 3.38. The maximum atomic E-state index is 13.6. The number of para-hydroxylation sites is 1. The number of hydrogen-bond acceptors (Lipinski definition) is 4. The number of carbonyl (C=O) groups is 1. The first-order valence-corrected chi connectivity index (χ1v) is 10.1. The fourth-order valence-electron chi connectivity index (χ4n) is 4.18. The van der Waals surface area contributed by atoms with Crippen molar-refractivity contribution in [1.29, 1.82) is 0 Å². The quantitative estimate of drug-likeness (QED) is 0.486. The number of nitrogens with zero attached hydrogens (tertiary/aromatic N) is 2. The molecule has 0 spiro atoms. The predicted octanol–water partition coefficient (Wildman–Crippen LogP) is 4.98. The van der Waals surface area contributed by atoms with Crippen LogP contribution in [0.2, 0.25) is 0 Å². The van der Waals surface area contributed by atoms with Crippen LogP contribution in [0, 0.1) is 5.82 Å². The van der Waals surface area contributed by atoms with E-state index < -0.39 is 6.04 Å². The van der Waals surface area contributed by atoms with Gasteiger partial charge in [-0.1, -0.05) is 18.2 Å². The second-order valence-electron chi connectivity index (χ2n) is 7.39. The van der Waals surface area contributed by atoms with Crippen molar-refractivity contribution in [3.05, 3.63) is 95.4 Å². The number of amides is 1. The smallest absolute Gasteiger partial charge is 0.277 e. The van der Waals surface area contributed by atoms with Crippen LogP contribution in [0.25, 0.3) is 11.3 Å². The molecule has 0 saturated carbocycles. The Morgan fingerprint density at radius 3 is 2.41 bits per heavy atom. The maximum absolute atomic E-state index is 13.6. The van der Waals surface area contributed by atoms with Crippen LogP contribution in [0.3, 0.4) is 0 Å². The lowest BCUT2D eigenvalue weighted by Gasteiger charge is -2.28. The second-order valence-corrected chi connectivity index (χ2v) is 7.39. The van der Waals surface area contributed by atoms with Gasteiger partial charge in [0.05, 0.1) is 26.0 Å². The van der Waals surface area contributed by atoms with E-state index in [9.17, 15) is 9.18 Å². The summed E-state index contributed by atoms with van der Waals surface area (Å²) in [5.74, 6) is 0.709. The van der Waals surface area contributed by atoms with Crippen LogP contribution in [0.1, 0.15) is 27.7 Å². The Morgan fingerprint density at radius 1 is 0.969 bits per heavy atom. The van der Waals surface area contributed by atoms with E-state index in [1.165, 1.54) is 12.1 Å². The molecule has 2 heterocycles. The minimum atomic E-state index is -0.524. The number of anilines is 1. The van der Waals surface area contributed by atoms with Crippen LogP contribution in [-0.2, 0) is 0 Å². The highest BCUT2D eigenvalue weighted by molar-refractivity contribution is 6.11. The monoisotopic (exact) mass is 429 g/mol. The van der Waals surface area contributed by atoms with Crippen LogP contribution in [0.5, 0.6) is 11.5 Å². The van der Waals surface area contributed by atoms with Crippen molar-refractivity contribution >= 4 is 11.6 Å². The van der Waals surface area contributed by atoms with Gasteiger partial charge in [0, 0.05) is 22.4 Å². The lowest BCUT2D eigenvalue weighted by Crippen LogP contribution is -2.29. The number of nitrogens with one attached hydrogen (secondary N) is 1. The van der Waals surface area contributed by atoms with Crippen molar-refractivity contribution in [1.82, 2.24) is 10.2 Å². The van der Waals surface area contributed by atoms with Gasteiger partial charge in [0.25, 0.3) is 5.91 Å². The zero-order valence-electron chi connectivity index (χ0n) is 17.5. The number of ether oxygens (including phenoxy) is 2. The van der Waals surface area contributed by atoms with Crippen molar-refractivity contribution in [2.45, 2.75) is 6.04 Å². The molecule has 4 aromatic rings. The van der Waals surface area contributed by atoms with E-state index in [-0.39, 0.29) is 11.7 Å². The van der Waals surface area contributed by atoms with E-state index in [1.807, 2.05) is 48.5 Å². The van der Waals surface area contributed by atoms with Crippen molar-refractivity contribution in [3.8, 4) is 22.8 Å². The van der Waals surface area contributed by atoms with Crippen LogP contribution in [-0.4, -0.2) is 30.3 Å². The minimum absolute atomic E-state index is 0.207. The third-order valence-electron chi connectivity index (χ3n) is 5.65. The Labute approximate surface area is 184 Å². The zero-order valence-corrected chi connectivity index (χ0v) is 17.5. The van der Waals surface area contributed by atoms with E-state index in [4.69, 9.17) is 9.47 Å². The highest BCUT2D eigenvalue weighted by Gasteiger charge is 2.44. The number of carbonyl (C=O) groups excluding carboxylic acids is 1. The molecule has 0 bridgehead atoms. The van der Waals surface area contributed by atoms with Gasteiger partial charge in [-0.05, 0) is 54.6 Å². The fourth-order valence-corrected chi connectivity index (χ4v) is 4.18. The minimum Gasteiger partial charge on any atom is -0.497 e. The topological polar surface area (TPSA) is 67.5 Å². The highest BCUT2D eigenvalue weighted by Crippen LogP contribution is 2.47. The molecule has 0 saturated heterocycles.